The van der Waals surface area contributed by atoms with Crippen LogP contribution in [0.4, 0.5) is 0 Å². The van der Waals surface area contributed by atoms with Crippen LogP contribution in [0.5, 0.6) is 0 Å². The summed E-state index contributed by atoms with van der Waals surface area (Å²) >= 11 is 6.05. The van der Waals surface area contributed by atoms with Crippen molar-refractivity contribution in [2.24, 2.45) is 0 Å². The average Bonchev–Trinajstić information content (AvgIpc) is 2.61. The van der Waals surface area contributed by atoms with Gasteiger partial charge in [-0.3, -0.25) is 4.90 Å². The summed E-state index contributed by atoms with van der Waals surface area (Å²) in [5.41, 5.74) is 2.78. The number of hydrogen-bond donors (Lipinski definition) is 0. The van der Waals surface area contributed by atoms with Gasteiger partial charge in [0, 0.05) is 18.1 Å². The zero-order valence-corrected chi connectivity index (χ0v) is 14.2. The molecule has 0 spiro atoms. The van der Waals surface area contributed by atoms with Crippen LogP contribution in [0, 0.1) is 0 Å². The van der Waals surface area contributed by atoms with Crippen LogP contribution in [-0.4, -0.2) is 37.7 Å². The number of rotatable bonds is 6. The second-order valence-corrected chi connectivity index (χ2v) is 6.62. The minimum absolute atomic E-state index is 0.525. The molecule has 0 amide bonds. The SMILES string of the molecule is Clc1ccc([C@H](CCN2CCOCC2)Cc2ccccc2)cc1. The van der Waals surface area contributed by atoms with E-state index in [4.69, 9.17) is 16.3 Å². The Morgan fingerprint density at radius 1 is 0.957 bits per heavy atom. The Bertz CT molecular complexity index is 578. The molecule has 1 heterocycles. The molecule has 0 saturated carbocycles. The first kappa shape index (κ1) is 16.5. The Hall–Kier alpha value is -1.35. The highest BCUT2D eigenvalue weighted by Crippen LogP contribution is 2.26. The monoisotopic (exact) mass is 329 g/mol. The van der Waals surface area contributed by atoms with E-state index >= 15 is 0 Å². The molecule has 2 aromatic carbocycles. The van der Waals surface area contributed by atoms with Crippen molar-refractivity contribution in [2.75, 3.05) is 32.8 Å². The van der Waals surface area contributed by atoms with Crippen LogP contribution in [0.2, 0.25) is 5.02 Å². The number of morpholine rings is 1. The van der Waals surface area contributed by atoms with Crippen LogP contribution in [0.3, 0.4) is 0 Å². The van der Waals surface area contributed by atoms with Gasteiger partial charge >= 0.3 is 0 Å². The quantitative estimate of drug-likeness (QED) is 0.779. The highest BCUT2D eigenvalue weighted by molar-refractivity contribution is 6.30. The smallest absolute Gasteiger partial charge is 0.0594 e. The first-order chi connectivity index (χ1) is 11.3. The number of benzene rings is 2. The van der Waals surface area contributed by atoms with Gasteiger partial charge in [-0.25, -0.2) is 0 Å². The Balaban J connectivity index is 1.68. The summed E-state index contributed by atoms with van der Waals surface area (Å²) in [4.78, 5) is 2.51. The van der Waals surface area contributed by atoms with Gasteiger partial charge in [-0.1, -0.05) is 54.1 Å². The molecular weight excluding hydrogens is 306 g/mol. The number of nitrogens with zero attached hydrogens (tertiary/aromatic N) is 1. The zero-order valence-electron chi connectivity index (χ0n) is 13.5. The van der Waals surface area contributed by atoms with E-state index in [1.807, 2.05) is 12.1 Å². The molecule has 0 bridgehead atoms. The first-order valence-corrected chi connectivity index (χ1v) is 8.78. The van der Waals surface area contributed by atoms with E-state index in [0.717, 1.165) is 50.7 Å². The molecule has 1 atom stereocenters. The van der Waals surface area contributed by atoms with Crippen molar-refractivity contribution in [2.45, 2.75) is 18.8 Å². The topological polar surface area (TPSA) is 12.5 Å². The summed E-state index contributed by atoms with van der Waals surface area (Å²) in [6.07, 6.45) is 2.24. The summed E-state index contributed by atoms with van der Waals surface area (Å²) in [6.45, 7) is 4.97. The second kappa shape index (κ2) is 8.49. The molecule has 1 aliphatic heterocycles. The fourth-order valence-electron chi connectivity index (χ4n) is 3.18. The molecule has 0 aliphatic carbocycles. The maximum atomic E-state index is 6.05. The van der Waals surface area contributed by atoms with Crippen molar-refractivity contribution < 1.29 is 4.74 Å². The summed E-state index contributed by atoms with van der Waals surface area (Å²) in [7, 11) is 0. The molecule has 1 aliphatic rings. The molecule has 0 radical (unpaired) electrons. The Kier molecular flexibility index (Phi) is 6.09. The van der Waals surface area contributed by atoms with E-state index < -0.39 is 0 Å². The van der Waals surface area contributed by atoms with E-state index in [9.17, 15) is 0 Å². The lowest BCUT2D eigenvalue weighted by Gasteiger charge is -2.28. The molecule has 0 N–H and O–H groups in total. The number of halogens is 1. The maximum absolute atomic E-state index is 6.05. The van der Waals surface area contributed by atoms with Gasteiger partial charge in [0.05, 0.1) is 13.2 Å². The zero-order chi connectivity index (χ0) is 15.9. The van der Waals surface area contributed by atoms with Crippen LogP contribution in [0.15, 0.2) is 54.6 Å². The average molecular weight is 330 g/mol. The number of hydrogen-bond acceptors (Lipinski definition) is 2. The molecule has 122 valence electrons. The lowest BCUT2D eigenvalue weighted by Crippen LogP contribution is -2.37. The molecule has 1 fully saturated rings. The van der Waals surface area contributed by atoms with Gasteiger partial charge in [-0.2, -0.15) is 0 Å². The molecule has 2 aromatic rings. The highest BCUT2D eigenvalue weighted by atomic mass is 35.5. The van der Waals surface area contributed by atoms with Gasteiger partial charge in [0.15, 0.2) is 0 Å². The Labute approximate surface area is 144 Å². The van der Waals surface area contributed by atoms with E-state index in [1.165, 1.54) is 11.1 Å². The van der Waals surface area contributed by atoms with E-state index in [-0.39, 0.29) is 0 Å². The van der Waals surface area contributed by atoms with Gasteiger partial charge in [0.2, 0.25) is 0 Å². The molecule has 3 heteroatoms. The van der Waals surface area contributed by atoms with Gasteiger partial charge in [-0.05, 0) is 48.6 Å². The third-order valence-electron chi connectivity index (χ3n) is 4.56. The minimum Gasteiger partial charge on any atom is -0.379 e. The van der Waals surface area contributed by atoms with Crippen molar-refractivity contribution in [1.82, 2.24) is 4.90 Å². The maximum Gasteiger partial charge on any atom is 0.0594 e. The number of ether oxygens (including phenoxy) is 1. The van der Waals surface area contributed by atoms with E-state index in [1.54, 1.807) is 0 Å². The fourth-order valence-corrected chi connectivity index (χ4v) is 3.31. The van der Waals surface area contributed by atoms with Crippen LogP contribution in [0.1, 0.15) is 23.5 Å². The Morgan fingerprint density at radius 3 is 2.35 bits per heavy atom. The van der Waals surface area contributed by atoms with Crippen molar-refractivity contribution in [1.29, 1.82) is 0 Å². The molecule has 23 heavy (non-hydrogen) atoms. The van der Waals surface area contributed by atoms with Gasteiger partial charge in [0.25, 0.3) is 0 Å². The van der Waals surface area contributed by atoms with E-state index in [0.29, 0.717) is 5.92 Å². The van der Waals surface area contributed by atoms with Crippen LogP contribution in [0.25, 0.3) is 0 Å². The Morgan fingerprint density at radius 2 is 1.65 bits per heavy atom. The van der Waals surface area contributed by atoms with Crippen LogP contribution in [-0.2, 0) is 11.2 Å². The van der Waals surface area contributed by atoms with Crippen molar-refractivity contribution in [3.05, 3.63) is 70.7 Å². The summed E-state index contributed by atoms with van der Waals surface area (Å²) < 4.78 is 5.44. The summed E-state index contributed by atoms with van der Waals surface area (Å²) in [5, 5.41) is 0.806. The standard InChI is InChI=1S/C20H24ClNO/c21-20-8-6-18(7-9-20)19(16-17-4-2-1-3-5-17)10-11-22-12-14-23-15-13-22/h1-9,19H,10-16H2/t19-/m1/s1. The van der Waals surface area contributed by atoms with Crippen molar-refractivity contribution >= 4 is 11.6 Å². The predicted molar refractivity (Wildman–Crippen MR) is 96.2 cm³/mol. The van der Waals surface area contributed by atoms with E-state index in [2.05, 4.69) is 47.4 Å². The lowest BCUT2D eigenvalue weighted by atomic mass is 9.89. The first-order valence-electron chi connectivity index (χ1n) is 8.41. The molecule has 0 unspecified atom stereocenters. The van der Waals surface area contributed by atoms with Gasteiger partial charge in [0.1, 0.15) is 0 Å². The van der Waals surface area contributed by atoms with Crippen molar-refractivity contribution in [3.8, 4) is 0 Å². The minimum atomic E-state index is 0.525. The molecule has 3 rings (SSSR count). The highest BCUT2D eigenvalue weighted by Gasteiger charge is 2.16. The van der Waals surface area contributed by atoms with Crippen molar-refractivity contribution in [3.63, 3.8) is 0 Å². The lowest BCUT2D eigenvalue weighted by molar-refractivity contribution is 0.0365. The summed E-state index contributed by atoms with van der Waals surface area (Å²) in [6, 6.07) is 19.1. The normalized spacial score (nSPS) is 17.1. The van der Waals surface area contributed by atoms with Crippen LogP contribution >= 0.6 is 11.6 Å². The van der Waals surface area contributed by atoms with Crippen LogP contribution < -0.4 is 0 Å². The van der Waals surface area contributed by atoms with Gasteiger partial charge < -0.3 is 4.74 Å². The molecule has 1 saturated heterocycles. The largest absolute Gasteiger partial charge is 0.379 e. The third kappa shape index (κ3) is 5.07. The molecule has 2 nitrogen and oxygen atoms in total. The second-order valence-electron chi connectivity index (χ2n) is 6.18. The van der Waals surface area contributed by atoms with Gasteiger partial charge in [-0.15, -0.1) is 0 Å². The molecular formula is C20H24ClNO. The molecule has 0 aromatic heterocycles. The predicted octanol–water partition coefficient (Wildman–Crippen LogP) is 4.39. The third-order valence-corrected chi connectivity index (χ3v) is 4.82. The summed E-state index contributed by atoms with van der Waals surface area (Å²) in [5.74, 6) is 0.525. The fraction of sp³-hybridized carbons (Fsp3) is 0.400.